The zero-order valence-electron chi connectivity index (χ0n) is 9.03. The molecule has 0 fully saturated rings. The number of imidazole rings is 1. The van der Waals surface area contributed by atoms with E-state index in [1.54, 1.807) is 0 Å². The van der Waals surface area contributed by atoms with Crippen LogP contribution in [0.15, 0.2) is 23.0 Å². The minimum Gasteiger partial charge on any atom is -0.377 e. The summed E-state index contributed by atoms with van der Waals surface area (Å²) >= 11 is 0. The first-order valence-corrected chi connectivity index (χ1v) is 5.64. The topological polar surface area (TPSA) is 47.0 Å². The van der Waals surface area contributed by atoms with E-state index in [0.717, 1.165) is 42.6 Å². The lowest BCUT2D eigenvalue weighted by Crippen LogP contribution is -2.17. The molecule has 1 N–H and O–H groups in total. The zero-order chi connectivity index (χ0) is 11.0. The number of rotatable bonds is 0. The van der Waals surface area contributed by atoms with E-state index in [1.807, 2.05) is 22.8 Å². The Kier molecular flexibility index (Phi) is 2.29. The van der Waals surface area contributed by atoms with Crippen LogP contribution >= 0.6 is 0 Å². The highest BCUT2D eigenvalue weighted by Crippen LogP contribution is 2.18. The highest BCUT2D eigenvalue weighted by atomic mass is 16.5. The fourth-order valence-corrected chi connectivity index (χ4v) is 2.28. The highest BCUT2D eigenvalue weighted by molar-refractivity contribution is 5.78. The van der Waals surface area contributed by atoms with Crippen LogP contribution in [0.25, 0.3) is 11.0 Å². The van der Waals surface area contributed by atoms with E-state index in [4.69, 9.17) is 4.74 Å². The average molecular weight is 220 g/mol. The van der Waals surface area contributed by atoms with Crippen molar-refractivity contribution >= 4 is 11.0 Å². The molecule has 0 spiro atoms. The molecule has 0 aliphatic carbocycles. The van der Waals surface area contributed by atoms with Gasteiger partial charge in [-0.2, -0.15) is 0 Å². The molecule has 0 saturated carbocycles. The molecule has 0 bridgehead atoms. The third-order valence-corrected chi connectivity index (χ3v) is 3.05. The highest BCUT2D eigenvalue weighted by Gasteiger charge is 2.12. The van der Waals surface area contributed by atoms with Gasteiger partial charge in [-0.15, -0.1) is 0 Å². The van der Waals surface area contributed by atoms with Crippen molar-refractivity contribution < 1.29 is 6.16 Å². The number of H-pyrrole nitrogens is 1. The largest absolute Gasteiger partial charge is 0.377 e. The molecular weight excluding hydrogens is 204 g/mol. The lowest BCUT2D eigenvalue weighted by molar-refractivity contribution is 0.118. The van der Waals surface area contributed by atoms with Crippen molar-refractivity contribution in [3.05, 3.63) is 34.2 Å². The van der Waals surface area contributed by atoms with Crippen molar-refractivity contribution in [2.24, 2.45) is 0 Å². The smallest absolute Gasteiger partial charge is 0.326 e. The monoisotopic (exact) mass is 220 g/mol. The van der Waals surface area contributed by atoms with Gasteiger partial charge in [-0.1, -0.05) is 12.1 Å². The molecule has 3 rings (SSSR count). The van der Waals surface area contributed by atoms with Crippen LogP contribution in [0, 0.1) is 0 Å². The van der Waals surface area contributed by atoms with Gasteiger partial charge in [0.1, 0.15) is 0 Å². The lowest BCUT2D eigenvalue weighted by atomic mass is 10.2. The lowest BCUT2D eigenvalue weighted by Gasteiger charge is -2.04. The van der Waals surface area contributed by atoms with E-state index in [9.17, 15) is 4.79 Å². The van der Waals surface area contributed by atoms with Crippen molar-refractivity contribution in [3.63, 3.8) is 0 Å². The average Bonchev–Trinajstić information content (AvgIpc) is 2.64. The van der Waals surface area contributed by atoms with Crippen LogP contribution in [0.4, 0.5) is 0 Å². The molecule has 4 nitrogen and oxygen atoms in total. The van der Waals surface area contributed by atoms with E-state index >= 15 is 0 Å². The summed E-state index contributed by atoms with van der Waals surface area (Å²) in [4.78, 5) is 14.7. The van der Waals surface area contributed by atoms with Gasteiger partial charge in [-0.05, 0) is 18.9 Å². The SMILES string of the molecule is O=c1[nH]c2cccc3c2n1CCCCOC3.[HH]. The van der Waals surface area contributed by atoms with E-state index in [0.29, 0.717) is 6.61 Å². The normalized spacial score (nSPS) is 16.8. The van der Waals surface area contributed by atoms with Gasteiger partial charge in [0, 0.05) is 20.1 Å². The second-order valence-electron chi connectivity index (χ2n) is 4.15. The summed E-state index contributed by atoms with van der Waals surface area (Å²) in [7, 11) is 0. The first-order chi connectivity index (χ1) is 7.86. The molecule has 2 aromatic rings. The molecule has 1 aromatic carbocycles. The quantitative estimate of drug-likeness (QED) is 0.737. The van der Waals surface area contributed by atoms with Gasteiger partial charge >= 0.3 is 5.69 Å². The summed E-state index contributed by atoms with van der Waals surface area (Å²) in [6.45, 7) is 2.15. The Morgan fingerprint density at radius 3 is 3.25 bits per heavy atom. The molecule has 0 saturated heterocycles. The van der Waals surface area contributed by atoms with Crippen LogP contribution in [0.1, 0.15) is 19.8 Å². The van der Waals surface area contributed by atoms with E-state index < -0.39 is 0 Å². The number of hydrogen-bond acceptors (Lipinski definition) is 2. The summed E-state index contributed by atoms with van der Waals surface area (Å²) in [6, 6.07) is 5.92. The molecule has 86 valence electrons. The molecule has 0 amide bonds. The molecule has 0 radical (unpaired) electrons. The Labute approximate surface area is 94.3 Å². The van der Waals surface area contributed by atoms with Gasteiger partial charge < -0.3 is 9.72 Å². The molecule has 4 heteroatoms. The van der Waals surface area contributed by atoms with Crippen LogP contribution in [0.5, 0.6) is 0 Å². The zero-order valence-corrected chi connectivity index (χ0v) is 9.03. The van der Waals surface area contributed by atoms with Crippen molar-refractivity contribution in [3.8, 4) is 0 Å². The number of ether oxygens (including phenoxy) is 1. The molecule has 1 aliphatic heterocycles. The number of para-hydroxylation sites is 1. The van der Waals surface area contributed by atoms with E-state index in [1.165, 1.54) is 0 Å². The van der Waals surface area contributed by atoms with Gasteiger partial charge in [0.15, 0.2) is 0 Å². The first-order valence-electron chi connectivity index (χ1n) is 5.64. The van der Waals surface area contributed by atoms with Crippen LogP contribution in [-0.4, -0.2) is 16.2 Å². The van der Waals surface area contributed by atoms with Gasteiger partial charge in [0.25, 0.3) is 0 Å². The van der Waals surface area contributed by atoms with Gasteiger partial charge in [0.05, 0.1) is 17.6 Å². The predicted octanol–water partition coefficient (Wildman–Crippen LogP) is 1.89. The molecule has 1 aromatic heterocycles. The summed E-state index contributed by atoms with van der Waals surface area (Å²) < 4.78 is 7.41. The minimum atomic E-state index is -0.00986. The number of nitrogens with zero attached hydrogens (tertiary/aromatic N) is 1. The third kappa shape index (κ3) is 1.46. The molecular formula is C12H16N2O2. The van der Waals surface area contributed by atoms with Crippen LogP contribution in [0.2, 0.25) is 0 Å². The molecule has 0 atom stereocenters. The second-order valence-corrected chi connectivity index (χ2v) is 4.15. The predicted molar refractivity (Wildman–Crippen MR) is 63.6 cm³/mol. The molecule has 16 heavy (non-hydrogen) atoms. The summed E-state index contributed by atoms with van der Waals surface area (Å²) in [5.41, 5.74) is 3.00. The molecule has 2 heterocycles. The van der Waals surface area contributed by atoms with Gasteiger partial charge in [0.2, 0.25) is 0 Å². The fourth-order valence-electron chi connectivity index (χ4n) is 2.28. The third-order valence-electron chi connectivity index (χ3n) is 3.05. The van der Waals surface area contributed by atoms with Crippen molar-refractivity contribution in [2.75, 3.05) is 6.61 Å². The van der Waals surface area contributed by atoms with E-state index in [-0.39, 0.29) is 7.12 Å². The van der Waals surface area contributed by atoms with Crippen molar-refractivity contribution in [1.82, 2.24) is 9.55 Å². The maximum absolute atomic E-state index is 11.8. The Hall–Kier alpha value is -1.55. The maximum atomic E-state index is 11.8. The summed E-state index contributed by atoms with van der Waals surface area (Å²) in [5.74, 6) is 0. The first kappa shape index (κ1) is 9.66. The van der Waals surface area contributed by atoms with Crippen molar-refractivity contribution in [1.29, 1.82) is 0 Å². The standard InChI is InChI=1S/C12H14N2O2.H2/c15-12-13-10-5-3-4-9-8-16-7-2-1-6-14(12)11(9)10;/h3-5H,1-2,6-8H2,(H,13,15);1H. The van der Waals surface area contributed by atoms with E-state index in [2.05, 4.69) is 4.98 Å². The van der Waals surface area contributed by atoms with Crippen LogP contribution < -0.4 is 5.69 Å². The summed E-state index contributed by atoms with van der Waals surface area (Å²) in [5, 5.41) is 0. The maximum Gasteiger partial charge on any atom is 0.326 e. The van der Waals surface area contributed by atoms with Crippen molar-refractivity contribution in [2.45, 2.75) is 26.0 Å². The number of aromatic amines is 1. The second kappa shape index (κ2) is 3.79. The summed E-state index contributed by atoms with van der Waals surface area (Å²) in [6.07, 6.45) is 1.99. The number of benzene rings is 1. The minimum absolute atomic E-state index is 0. The number of aryl methyl sites for hydroxylation is 1. The Morgan fingerprint density at radius 1 is 1.38 bits per heavy atom. The van der Waals surface area contributed by atoms with Crippen LogP contribution in [0.3, 0.4) is 0 Å². The van der Waals surface area contributed by atoms with Gasteiger partial charge in [-0.25, -0.2) is 4.79 Å². The number of nitrogens with one attached hydrogen (secondary N) is 1. The van der Waals surface area contributed by atoms with Gasteiger partial charge in [-0.3, -0.25) is 4.57 Å². The fraction of sp³-hybridized carbons (Fsp3) is 0.417. The molecule has 0 unspecified atom stereocenters. The Bertz CT molecular complexity index is 573. The number of hydrogen-bond donors (Lipinski definition) is 1. The molecule has 1 aliphatic rings. The van der Waals surface area contributed by atoms with Crippen LogP contribution in [-0.2, 0) is 17.9 Å². The number of aromatic nitrogens is 2. The Morgan fingerprint density at radius 2 is 2.31 bits per heavy atom. The Balaban J connectivity index is 0.00000108.